The molecule has 1 aromatic carbocycles. The van der Waals surface area contributed by atoms with Gasteiger partial charge in [-0.1, -0.05) is 12.1 Å². The van der Waals surface area contributed by atoms with Gasteiger partial charge in [0.2, 0.25) is 0 Å². The maximum Gasteiger partial charge on any atom is 0.330 e. The van der Waals surface area contributed by atoms with Gasteiger partial charge in [-0.15, -0.1) is 0 Å². The second-order valence-corrected chi connectivity index (χ2v) is 6.02. The number of aromatic amines is 1. The molecule has 1 aliphatic rings. The number of hydrogen-bond acceptors (Lipinski definition) is 6. The lowest BCUT2D eigenvalue weighted by Gasteiger charge is -2.13. The Labute approximate surface area is 148 Å². The van der Waals surface area contributed by atoms with Gasteiger partial charge in [0.15, 0.2) is 5.78 Å². The normalized spacial score (nSPS) is 13.3. The van der Waals surface area contributed by atoms with Crippen LogP contribution in [-0.4, -0.2) is 34.8 Å². The Bertz CT molecular complexity index is 987. The summed E-state index contributed by atoms with van der Waals surface area (Å²) in [6.45, 7) is -0.246. The fraction of sp³-hybridized carbons (Fsp3) is 0.294. The number of nitrogens with two attached hydrogens (primary N) is 1. The number of para-hydroxylation sites is 1. The molecule has 3 rings (SSSR count). The highest BCUT2D eigenvalue weighted by Gasteiger charge is 2.29. The van der Waals surface area contributed by atoms with Crippen LogP contribution in [0.1, 0.15) is 39.6 Å². The summed E-state index contributed by atoms with van der Waals surface area (Å²) < 4.78 is 1.26. The zero-order chi connectivity index (χ0) is 18.8. The number of nitrogen functional groups attached to an aromatic ring is 1. The molecule has 1 amide bonds. The molecule has 1 saturated carbocycles. The fourth-order valence-corrected chi connectivity index (χ4v) is 2.76. The summed E-state index contributed by atoms with van der Waals surface area (Å²) in [5.41, 5.74) is 5.08. The quantitative estimate of drug-likeness (QED) is 0.541. The van der Waals surface area contributed by atoms with Crippen molar-refractivity contribution in [2.45, 2.75) is 18.9 Å². The summed E-state index contributed by atoms with van der Waals surface area (Å²) in [6.07, 6.45) is 1.56. The summed E-state index contributed by atoms with van der Waals surface area (Å²) >= 11 is 0. The lowest BCUT2D eigenvalue weighted by molar-refractivity contribution is 0.0961. The van der Waals surface area contributed by atoms with E-state index >= 15 is 0 Å². The molecule has 136 valence electrons. The Morgan fingerprint density at radius 1 is 1.27 bits per heavy atom. The lowest BCUT2D eigenvalue weighted by atomic mass is 10.1. The van der Waals surface area contributed by atoms with Crippen LogP contribution in [0.3, 0.4) is 0 Å². The van der Waals surface area contributed by atoms with E-state index in [0.717, 1.165) is 12.8 Å². The van der Waals surface area contributed by atoms with Crippen LogP contribution in [0.5, 0.6) is 0 Å². The van der Waals surface area contributed by atoms with Crippen LogP contribution in [-0.2, 0) is 0 Å². The minimum atomic E-state index is -0.809. The smallest absolute Gasteiger partial charge is 0.330 e. The van der Waals surface area contributed by atoms with Gasteiger partial charge in [-0.3, -0.25) is 23.9 Å². The molecule has 1 aliphatic carbocycles. The molecule has 9 heteroatoms. The topological polar surface area (TPSA) is 139 Å². The summed E-state index contributed by atoms with van der Waals surface area (Å²) in [6, 6.07) is 6.60. The number of Topliss-reactive ketones (excluding diaryl/α,β-unsaturated/α-hetero) is 1. The molecule has 1 aromatic heterocycles. The fourth-order valence-electron chi connectivity index (χ4n) is 2.76. The molecule has 0 atom stereocenters. The van der Waals surface area contributed by atoms with Crippen molar-refractivity contribution in [3.05, 3.63) is 56.2 Å². The Kier molecular flexibility index (Phi) is 4.61. The van der Waals surface area contributed by atoms with E-state index in [9.17, 15) is 19.2 Å². The van der Waals surface area contributed by atoms with E-state index in [-0.39, 0.29) is 29.9 Å². The molecule has 9 nitrogen and oxygen atoms in total. The number of benzene rings is 1. The van der Waals surface area contributed by atoms with Crippen LogP contribution in [0.4, 0.5) is 11.5 Å². The third kappa shape index (κ3) is 3.23. The number of H-pyrrole nitrogens is 1. The minimum absolute atomic E-state index is 0.0761. The van der Waals surface area contributed by atoms with Gasteiger partial charge in [-0.2, -0.15) is 0 Å². The molecule has 1 fully saturated rings. The Morgan fingerprint density at radius 2 is 1.96 bits per heavy atom. The van der Waals surface area contributed by atoms with Gasteiger partial charge in [0.1, 0.15) is 11.4 Å². The average molecular weight is 357 g/mol. The van der Waals surface area contributed by atoms with E-state index in [1.807, 2.05) is 0 Å². The molecule has 0 unspecified atom stereocenters. The molecule has 26 heavy (non-hydrogen) atoms. The highest BCUT2D eigenvalue weighted by Crippen LogP contribution is 2.35. The largest absolute Gasteiger partial charge is 0.384 e. The number of ketones is 1. The van der Waals surface area contributed by atoms with Crippen LogP contribution in [0.15, 0.2) is 33.9 Å². The number of anilines is 2. The van der Waals surface area contributed by atoms with E-state index in [2.05, 4.69) is 15.6 Å². The monoisotopic (exact) mass is 357 g/mol. The van der Waals surface area contributed by atoms with E-state index in [1.54, 1.807) is 24.3 Å². The Morgan fingerprint density at radius 3 is 2.62 bits per heavy atom. The van der Waals surface area contributed by atoms with E-state index in [0.29, 0.717) is 11.3 Å². The van der Waals surface area contributed by atoms with Gasteiger partial charge in [0, 0.05) is 18.8 Å². The van der Waals surface area contributed by atoms with Gasteiger partial charge in [-0.25, -0.2) is 4.79 Å². The molecule has 0 bridgehead atoms. The number of carbonyl (C=O) groups excluding carboxylic acids is 2. The first kappa shape index (κ1) is 17.5. The van der Waals surface area contributed by atoms with E-state index < -0.39 is 17.0 Å². The summed E-state index contributed by atoms with van der Waals surface area (Å²) in [5, 5.41) is 5.37. The summed E-state index contributed by atoms with van der Waals surface area (Å²) in [4.78, 5) is 50.5. The molecular weight excluding hydrogens is 338 g/mol. The number of hydrogen-bond donors (Lipinski definition) is 4. The molecule has 5 N–H and O–H groups in total. The third-order valence-electron chi connectivity index (χ3n) is 4.21. The van der Waals surface area contributed by atoms with Crippen LogP contribution in [0.25, 0.3) is 0 Å². The van der Waals surface area contributed by atoms with Crippen LogP contribution < -0.4 is 27.6 Å². The Hall–Kier alpha value is -3.36. The van der Waals surface area contributed by atoms with Crippen molar-refractivity contribution in [3.63, 3.8) is 0 Å². The molecule has 0 spiro atoms. The van der Waals surface area contributed by atoms with Crippen molar-refractivity contribution in [2.75, 3.05) is 24.6 Å². The molecule has 0 saturated heterocycles. The highest BCUT2D eigenvalue weighted by molar-refractivity contribution is 6.04. The minimum Gasteiger partial charge on any atom is -0.384 e. The number of amides is 1. The second kappa shape index (κ2) is 6.87. The summed E-state index contributed by atoms with van der Waals surface area (Å²) in [5.74, 6) is -0.988. The predicted molar refractivity (Wildman–Crippen MR) is 96.7 cm³/mol. The maximum atomic E-state index is 12.5. The maximum absolute atomic E-state index is 12.5. The first-order valence-corrected chi connectivity index (χ1v) is 8.16. The van der Waals surface area contributed by atoms with Crippen molar-refractivity contribution in [2.24, 2.45) is 0 Å². The lowest BCUT2D eigenvalue weighted by Crippen LogP contribution is -2.37. The van der Waals surface area contributed by atoms with Gasteiger partial charge in [0.05, 0.1) is 12.1 Å². The number of nitrogens with zero attached hydrogens (tertiary/aromatic N) is 1. The van der Waals surface area contributed by atoms with Crippen LogP contribution >= 0.6 is 0 Å². The molecule has 1 heterocycles. The second-order valence-electron chi connectivity index (χ2n) is 6.02. The average Bonchev–Trinajstić information content (AvgIpc) is 3.44. The number of aromatic nitrogens is 2. The molecular formula is C17H19N5O4. The molecule has 2 aromatic rings. The van der Waals surface area contributed by atoms with Gasteiger partial charge >= 0.3 is 5.69 Å². The van der Waals surface area contributed by atoms with Crippen LogP contribution in [0, 0.1) is 0 Å². The van der Waals surface area contributed by atoms with Gasteiger partial charge in [-0.05, 0) is 25.0 Å². The third-order valence-corrected chi connectivity index (χ3v) is 4.21. The first-order valence-electron chi connectivity index (χ1n) is 8.16. The van der Waals surface area contributed by atoms with E-state index in [4.69, 9.17) is 5.73 Å². The van der Waals surface area contributed by atoms with Crippen LogP contribution in [0.2, 0.25) is 0 Å². The van der Waals surface area contributed by atoms with Crippen molar-refractivity contribution in [1.82, 2.24) is 14.9 Å². The Balaban J connectivity index is 1.86. The van der Waals surface area contributed by atoms with E-state index in [1.165, 1.54) is 11.6 Å². The van der Waals surface area contributed by atoms with Crippen molar-refractivity contribution < 1.29 is 9.59 Å². The molecule has 0 radical (unpaired) electrons. The molecule has 0 aliphatic heterocycles. The standard InChI is InChI=1S/C17H19N5O4/c1-19-15(24)10-4-2-3-5-11(10)20-8-12(23)13-14(18)22(9-6-7-9)17(26)21-16(13)25/h2-5,9,20H,6-8,18H2,1H3,(H,19,24)(H,21,25,26). The number of nitrogens with one attached hydrogen (secondary N) is 3. The van der Waals surface area contributed by atoms with Gasteiger partial charge in [0.25, 0.3) is 11.5 Å². The highest BCUT2D eigenvalue weighted by atomic mass is 16.2. The number of carbonyl (C=O) groups is 2. The SMILES string of the molecule is CNC(=O)c1ccccc1NCC(=O)c1c(N)n(C2CC2)c(=O)[nH]c1=O. The zero-order valence-electron chi connectivity index (χ0n) is 14.2. The predicted octanol–water partition coefficient (Wildman–Crippen LogP) is 0.108. The van der Waals surface area contributed by atoms with Crippen molar-refractivity contribution in [1.29, 1.82) is 0 Å². The van der Waals surface area contributed by atoms with Crippen molar-refractivity contribution >= 4 is 23.2 Å². The van der Waals surface area contributed by atoms with Gasteiger partial charge < -0.3 is 16.4 Å². The number of rotatable bonds is 6. The first-order chi connectivity index (χ1) is 12.4. The van der Waals surface area contributed by atoms with Crippen molar-refractivity contribution in [3.8, 4) is 0 Å². The summed E-state index contributed by atoms with van der Waals surface area (Å²) in [7, 11) is 1.51. The zero-order valence-corrected chi connectivity index (χ0v) is 14.2.